The van der Waals surface area contributed by atoms with Crippen molar-refractivity contribution in [1.29, 1.82) is 0 Å². The number of amides is 1. The summed E-state index contributed by atoms with van der Waals surface area (Å²) < 4.78 is 11.7. The van der Waals surface area contributed by atoms with Gasteiger partial charge in [-0.1, -0.05) is 66.7 Å². The molecule has 0 unspecified atom stereocenters. The lowest BCUT2D eigenvalue weighted by molar-refractivity contribution is 0.0575. The molecule has 1 fully saturated rings. The maximum absolute atomic E-state index is 12.7. The number of hydrogen-bond donors (Lipinski definition) is 5. The molecule has 5 aromatic rings. The number of benzene rings is 4. The van der Waals surface area contributed by atoms with Crippen LogP contribution in [-0.2, 0) is 11.3 Å². The van der Waals surface area contributed by atoms with E-state index in [4.69, 9.17) is 9.47 Å². The number of phenols is 1. The summed E-state index contributed by atoms with van der Waals surface area (Å²) in [6.07, 6.45) is 1.15. The number of nitrogens with zero attached hydrogens (tertiary/aromatic N) is 1. The fraction of sp³-hybridized carbons (Fsp3) is 0.282. The average molecular weight is 663 g/mol. The zero-order chi connectivity index (χ0) is 34.0. The number of fused-ring (bicyclic) bond motifs is 1. The number of hydrogen-bond acceptors (Lipinski definition) is 8. The Kier molecular flexibility index (Phi) is 11.2. The van der Waals surface area contributed by atoms with Crippen LogP contribution in [0, 0.1) is 0 Å². The number of aromatic hydroxyl groups is 1. The number of likely N-dealkylation sites (tertiary alicyclic amines) is 1. The van der Waals surface area contributed by atoms with Crippen LogP contribution in [0.3, 0.4) is 0 Å². The van der Waals surface area contributed by atoms with Gasteiger partial charge < -0.3 is 34.9 Å². The van der Waals surface area contributed by atoms with E-state index in [1.807, 2.05) is 78.9 Å². The predicted octanol–water partition coefficient (Wildman–Crippen LogP) is 6.21. The van der Waals surface area contributed by atoms with E-state index in [0.29, 0.717) is 36.2 Å². The SMILES string of the molecule is O=C(Nc1ccccc1-c1ccccc1)OC1CCN(CCCOc2ccc(CNC[C@H](O)c3ccc(O)c4[nH]c(=O)ccc34)cc2)CC1. The van der Waals surface area contributed by atoms with Gasteiger partial charge in [-0.2, -0.15) is 0 Å². The van der Waals surface area contributed by atoms with Crippen molar-refractivity contribution >= 4 is 22.7 Å². The number of aliphatic hydroxyl groups is 1. The molecule has 6 rings (SSSR count). The summed E-state index contributed by atoms with van der Waals surface area (Å²) in [7, 11) is 0. The first kappa shape index (κ1) is 33.7. The van der Waals surface area contributed by atoms with Crippen molar-refractivity contribution in [2.45, 2.75) is 38.0 Å². The molecule has 0 aliphatic carbocycles. The monoisotopic (exact) mass is 662 g/mol. The van der Waals surface area contributed by atoms with Gasteiger partial charge in [0.1, 0.15) is 17.6 Å². The molecule has 5 N–H and O–H groups in total. The van der Waals surface area contributed by atoms with Crippen LogP contribution in [-0.4, -0.2) is 65.1 Å². The largest absolute Gasteiger partial charge is 0.506 e. The number of aliphatic hydroxyl groups excluding tert-OH is 1. The van der Waals surface area contributed by atoms with Crippen LogP contribution in [0.2, 0.25) is 0 Å². The van der Waals surface area contributed by atoms with Crippen LogP contribution in [0.4, 0.5) is 10.5 Å². The van der Waals surface area contributed by atoms with Gasteiger partial charge in [-0.15, -0.1) is 0 Å². The van der Waals surface area contributed by atoms with Crippen molar-refractivity contribution in [1.82, 2.24) is 15.2 Å². The summed E-state index contributed by atoms with van der Waals surface area (Å²) in [5.41, 5.74) is 4.42. The minimum Gasteiger partial charge on any atom is -0.506 e. The van der Waals surface area contributed by atoms with Crippen LogP contribution < -0.4 is 20.9 Å². The number of para-hydroxylation sites is 1. The molecule has 0 radical (unpaired) electrons. The van der Waals surface area contributed by atoms with Gasteiger partial charge in [-0.05, 0) is 66.3 Å². The molecule has 4 aromatic carbocycles. The Labute approximate surface area is 285 Å². The van der Waals surface area contributed by atoms with Crippen LogP contribution in [0.5, 0.6) is 11.5 Å². The molecule has 10 heteroatoms. The molecule has 1 aliphatic heterocycles. The highest BCUT2D eigenvalue weighted by Gasteiger charge is 2.22. The zero-order valence-electron chi connectivity index (χ0n) is 27.3. The topological polar surface area (TPSA) is 136 Å². The third kappa shape index (κ3) is 9.05. The number of pyridine rings is 1. The van der Waals surface area contributed by atoms with E-state index in [1.54, 1.807) is 12.1 Å². The Balaban J connectivity index is 0.863. The summed E-state index contributed by atoms with van der Waals surface area (Å²) in [6.45, 7) is 4.13. The lowest BCUT2D eigenvalue weighted by atomic mass is 10.0. The predicted molar refractivity (Wildman–Crippen MR) is 191 cm³/mol. The molecule has 0 saturated carbocycles. The first-order chi connectivity index (χ1) is 23.9. The molecular weight excluding hydrogens is 620 g/mol. The fourth-order valence-corrected chi connectivity index (χ4v) is 6.20. The Bertz CT molecular complexity index is 1890. The van der Waals surface area contributed by atoms with Gasteiger partial charge in [0.25, 0.3) is 0 Å². The Morgan fingerprint density at radius 2 is 1.67 bits per heavy atom. The summed E-state index contributed by atoms with van der Waals surface area (Å²) in [5, 5.41) is 27.7. The number of aromatic amines is 1. The standard InChI is InChI=1S/C39H42N4O6/c44-35-17-15-32(33-16-18-37(46)42-38(33)35)36(45)26-40-25-27-11-13-29(14-12-27)48-24-6-21-43-22-19-30(20-23-43)49-39(47)41-34-10-5-4-9-31(34)28-7-2-1-3-8-28/h1-5,7-18,30,36,40,44-45H,6,19-26H2,(H,41,47)(H,42,46)/t36-/m0/s1. The maximum Gasteiger partial charge on any atom is 0.411 e. The van der Waals surface area contributed by atoms with Gasteiger partial charge in [0.05, 0.1) is 23.9 Å². The van der Waals surface area contributed by atoms with Gasteiger partial charge in [-0.3, -0.25) is 10.1 Å². The number of ether oxygens (including phenoxy) is 2. The van der Waals surface area contributed by atoms with E-state index in [2.05, 4.69) is 20.5 Å². The molecule has 1 aliphatic rings. The second kappa shape index (κ2) is 16.3. The highest BCUT2D eigenvalue weighted by atomic mass is 16.6. The molecule has 0 bridgehead atoms. The van der Waals surface area contributed by atoms with Crippen molar-refractivity contribution in [3.63, 3.8) is 0 Å². The Morgan fingerprint density at radius 3 is 2.47 bits per heavy atom. The second-order valence-corrected chi connectivity index (χ2v) is 12.3. The van der Waals surface area contributed by atoms with Gasteiger partial charge >= 0.3 is 6.09 Å². The maximum atomic E-state index is 12.7. The Hall–Kier alpha value is -5.16. The molecule has 1 amide bonds. The highest BCUT2D eigenvalue weighted by molar-refractivity contribution is 5.91. The molecule has 10 nitrogen and oxygen atoms in total. The van der Waals surface area contributed by atoms with E-state index in [-0.39, 0.29) is 17.4 Å². The molecule has 0 spiro atoms. The third-order valence-electron chi connectivity index (χ3n) is 8.80. The van der Waals surface area contributed by atoms with Crippen LogP contribution >= 0.6 is 0 Å². The van der Waals surface area contributed by atoms with E-state index in [0.717, 1.165) is 67.0 Å². The number of H-pyrrole nitrogens is 1. The van der Waals surface area contributed by atoms with Crippen molar-refractivity contribution in [2.75, 3.05) is 38.1 Å². The minimum absolute atomic E-state index is 0.0330. The van der Waals surface area contributed by atoms with Crippen LogP contribution in [0.1, 0.15) is 36.5 Å². The summed E-state index contributed by atoms with van der Waals surface area (Å²) in [4.78, 5) is 29.4. The molecular formula is C39H42N4O6. The van der Waals surface area contributed by atoms with E-state index < -0.39 is 12.2 Å². The summed E-state index contributed by atoms with van der Waals surface area (Å²) >= 11 is 0. The van der Waals surface area contributed by atoms with Crippen molar-refractivity contribution in [3.8, 4) is 22.6 Å². The fourth-order valence-electron chi connectivity index (χ4n) is 6.20. The number of anilines is 1. The molecule has 1 atom stereocenters. The zero-order valence-corrected chi connectivity index (χ0v) is 27.3. The first-order valence-corrected chi connectivity index (χ1v) is 16.7. The summed E-state index contributed by atoms with van der Waals surface area (Å²) in [6, 6.07) is 31.7. The lowest BCUT2D eigenvalue weighted by Gasteiger charge is -2.31. The number of piperidine rings is 1. The first-order valence-electron chi connectivity index (χ1n) is 16.7. The smallest absolute Gasteiger partial charge is 0.411 e. The number of nitrogens with one attached hydrogen (secondary N) is 3. The molecule has 1 aromatic heterocycles. The van der Waals surface area contributed by atoms with E-state index >= 15 is 0 Å². The lowest BCUT2D eigenvalue weighted by Crippen LogP contribution is -2.39. The molecule has 254 valence electrons. The molecule has 1 saturated heterocycles. The van der Waals surface area contributed by atoms with E-state index in [9.17, 15) is 19.8 Å². The van der Waals surface area contributed by atoms with Crippen LogP contribution in [0.25, 0.3) is 22.0 Å². The normalized spacial score (nSPS) is 14.4. The number of carbonyl (C=O) groups is 1. The van der Waals surface area contributed by atoms with Gasteiger partial charge in [-0.25, -0.2) is 4.79 Å². The van der Waals surface area contributed by atoms with Gasteiger partial charge in [0.15, 0.2) is 0 Å². The van der Waals surface area contributed by atoms with Gasteiger partial charge in [0, 0.05) is 49.7 Å². The van der Waals surface area contributed by atoms with Gasteiger partial charge in [0.2, 0.25) is 5.56 Å². The van der Waals surface area contributed by atoms with Crippen LogP contribution in [0.15, 0.2) is 108 Å². The summed E-state index contributed by atoms with van der Waals surface area (Å²) in [5.74, 6) is 0.773. The molecule has 49 heavy (non-hydrogen) atoms. The quantitative estimate of drug-likeness (QED) is 0.0940. The Morgan fingerprint density at radius 1 is 0.918 bits per heavy atom. The van der Waals surface area contributed by atoms with Crippen molar-refractivity contribution in [3.05, 3.63) is 125 Å². The minimum atomic E-state index is -0.817. The molecule has 2 heterocycles. The number of phenolic OH excluding ortho intramolecular Hbond substituents is 1. The number of aromatic nitrogens is 1. The third-order valence-corrected chi connectivity index (χ3v) is 8.80. The number of carbonyl (C=O) groups excluding carboxylic acids is 1. The van der Waals surface area contributed by atoms with Crippen molar-refractivity contribution < 1.29 is 24.5 Å². The highest BCUT2D eigenvalue weighted by Crippen LogP contribution is 2.29. The average Bonchev–Trinajstić information content (AvgIpc) is 3.12. The van der Waals surface area contributed by atoms with E-state index in [1.165, 1.54) is 12.1 Å². The second-order valence-electron chi connectivity index (χ2n) is 12.3. The van der Waals surface area contributed by atoms with Crippen molar-refractivity contribution in [2.24, 2.45) is 0 Å². The number of rotatable bonds is 13.